The molecular weight excluding hydrogens is 930 g/mol. The maximum Gasteiger partial charge on any atom is 3.00 e. The second-order valence-electron chi connectivity index (χ2n) is 20.6. The molecule has 0 aromatic rings. The van der Waals surface area contributed by atoms with Gasteiger partial charge in [-0.1, -0.05) is 207 Å². The van der Waals surface area contributed by atoms with Crippen molar-refractivity contribution in [3.63, 3.8) is 0 Å². The van der Waals surface area contributed by atoms with Crippen LogP contribution in [-0.2, 0) is 42.2 Å². The smallest absolute Gasteiger partial charge is 0.373 e. The van der Waals surface area contributed by atoms with Crippen LogP contribution in [0.25, 0.3) is 0 Å². The Kier molecular flexibility index (Phi) is 74.5. The Hall–Kier alpha value is 0.164. The van der Waals surface area contributed by atoms with Crippen molar-refractivity contribution >= 4 is 0 Å². The van der Waals surface area contributed by atoms with Crippen molar-refractivity contribution in [3.05, 3.63) is 55.2 Å². The third-order valence-corrected chi connectivity index (χ3v) is 12.8. The summed E-state index contributed by atoms with van der Waals surface area (Å²) in [6.45, 7) is 78.7. The third-order valence-electron chi connectivity index (χ3n) is 12.8. The molecule has 0 amide bonds. The van der Waals surface area contributed by atoms with Gasteiger partial charge >= 0.3 is 32.7 Å². The van der Waals surface area contributed by atoms with Crippen LogP contribution in [0, 0.1) is 73.5 Å². The van der Waals surface area contributed by atoms with Crippen molar-refractivity contribution in [2.75, 3.05) is 39.4 Å². The molecule has 3 atom stereocenters. The summed E-state index contributed by atoms with van der Waals surface area (Å²) in [7, 11) is 0. The maximum atomic E-state index is 5.69. The van der Waals surface area contributed by atoms with E-state index in [9.17, 15) is 0 Å². The van der Waals surface area contributed by atoms with Gasteiger partial charge in [0.15, 0.2) is 0 Å². The molecular formula is C65H137N2O2Y. The van der Waals surface area contributed by atoms with Gasteiger partial charge in [0.25, 0.3) is 0 Å². The van der Waals surface area contributed by atoms with Gasteiger partial charge in [-0.25, -0.2) is 0 Å². The van der Waals surface area contributed by atoms with Crippen LogP contribution < -0.4 is 0 Å². The van der Waals surface area contributed by atoms with Crippen LogP contribution in [0.5, 0.6) is 0 Å². The molecule has 4 rings (SSSR count). The van der Waals surface area contributed by atoms with Crippen LogP contribution >= 0.6 is 0 Å². The Labute approximate surface area is 473 Å². The van der Waals surface area contributed by atoms with E-state index in [1.807, 2.05) is 89.5 Å². The fraction of sp³-hybridized carbons (Fsp3) is 0.862. The van der Waals surface area contributed by atoms with Gasteiger partial charge in [0.05, 0.1) is 25.4 Å². The molecule has 0 aromatic heterocycles. The van der Waals surface area contributed by atoms with Crippen LogP contribution in [-0.4, -0.2) is 73.5 Å². The number of nitrogens with zero attached hydrogens (tertiary/aromatic N) is 2. The molecule has 0 aromatic carbocycles. The van der Waals surface area contributed by atoms with Gasteiger partial charge in [0.2, 0.25) is 0 Å². The molecule has 422 valence electrons. The minimum absolute atomic E-state index is 0. The summed E-state index contributed by atoms with van der Waals surface area (Å²) in [4.78, 5) is 5.04. The summed E-state index contributed by atoms with van der Waals surface area (Å²) in [6.07, 6.45) is 18.6. The van der Waals surface area contributed by atoms with E-state index in [1.165, 1.54) is 45.2 Å². The number of rotatable bonds is 11. The molecule has 0 spiro atoms. The molecule has 70 heavy (non-hydrogen) atoms. The molecule has 5 heteroatoms. The van der Waals surface area contributed by atoms with Gasteiger partial charge in [0, 0.05) is 38.3 Å². The Morgan fingerprint density at radius 3 is 0.943 bits per heavy atom. The van der Waals surface area contributed by atoms with Crippen LogP contribution in [0.15, 0.2) is 34.9 Å². The zero-order valence-electron chi connectivity index (χ0n) is 54.2. The molecule has 0 N–H and O–H groups in total. The van der Waals surface area contributed by atoms with E-state index in [1.54, 1.807) is 16.7 Å². The molecule has 1 fully saturated rings. The topological polar surface area (TPSA) is 24.9 Å². The molecule has 4 nitrogen and oxygen atoms in total. The van der Waals surface area contributed by atoms with Crippen molar-refractivity contribution in [1.29, 1.82) is 0 Å². The minimum Gasteiger partial charge on any atom is -0.373 e. The third kappa shape index (κ3) is 47.8. The van der Waals surface area contributed by atoms with Crippen LogP contribution in [0.4, 0.5) is 0 Å². The zero-order valence-corrected chi connectivity index (χ0v) is 57.0. The average molecular weight is 1070 g/mol. The predicted octanol–water partition coefficient (Wildman–Crippen LogP) is 20.5. The van der Waals surface area contributed by atoms with Gasteiger partial charge < -0.3 is 29.7 Å². The largest absolute Gasteiger partial charge is 3.00 e. The number of ether oxygens (including phenoxy) is 2. The predicted molar refractivity (Wildman–Crippen MR) is 323 cm³/mol. The van der Waals surface area contributed by atoms with E-state index in [2.05, 4.69) is 167 Å². The molecule has 3 heterocycles. The first-order valence-electron chi connectivity index (χ1n) is 29.7. The second-order valence-corrected chi connectivity index (χ2v) is 20.6. The van der Waals surface area contributed by atoms with Crippen molar-refractivity contribution in [2.45, 2.75) is 277 Å². The normalized spacial score (nSPS) is 18.6. The standard InChI is InChI=1S/C12H22.2C11H21N.C10H20O2.C8H16.C3H7.5C2H6.Y/c3*1-9(2)11-5-7-12(8-6-11)10(3)4;1-7(2)9-5-12-10(6-11-9)8(3)4;1-5-8(6-2)7(3)4;1-3-2;5*1-2;/h5,9-10,12H,6-8H2,1-4H3;2*5,9-10H,6-8H2,1-4H3;7-10H,5-6H2,1-4H3;7-8H,1-2,5-6H2,3-4H3;3H,1-2H3;5*1-2H3;/q;;;;-2;-1;;;;;;+3. The summed E-state index contributed by atoms with van der Waals surface area (Å²) in [5.41, 5.74) is 4.98. The fourth-order valence-corrected chi connectivity index (χ4v) is 7.51. The monoisotopic (exact) mass is 1070 g/mol. The number of allylic oxidation sites excluding steroid dienone is 2. The zero-order chi connectivity index (χ0) is 55.8. The van der Waals surface area contributed by atoms with Crippen LogP contribution in [0.1, 0.15) is 253 Å². The first kappa shape index (κ1) is 86.9. The van der Waals surface area contributed by atoms with Gasteiger partial charge in [-0.15, -0.1) is 0 Å². The molecule has 0 saturated carbocycles. The summed E-state index contributed by atoms with van der Waals surface area (Å²) in [6, 6.07) is 1.41. The van der Waals surface area contributed by atoms with Crippen LogP contribution in [0.2, 0.25) is 0 Å². The molecule has 1 saturated heterocycles. The fourth-order valence-electron chi connectivity index (χ4n) is 7.51. The van der Waals surface area contributed by atoms with Crippen molar-refractivity contribution in [3.8, 4) is 0 Å². The van der Waals surface area contributed by atoms with E-state index in [-0.39, 0.29) is 32.7 Å². The summed E-state index contributed by atoms with van der Waals surface area (Å²) < 4.78 is 11.4. The molecule has 0 radical (unpaired) electrons. The number of hydrogen-bond donors (Lipinski definition) is 0. The van der Waals surface area contributed by atoms with Crippen molar-refractivity contribution < 1.29 is 42.2 Å². The molecule has 1 aliphatic carbocycles. The molecule has 0 bridgehead atoms. The SMILES string of the molecule is CC.CC.CC.CC.CC.CC(C)C1=CCC(C(C)C)CC1.CC(C)C1=CCN(C(C)C)CC1.CC(C)C1=CCN(C(C)C)CC1.CC(C)C1COC(C(C)C)CO1.C[CH-]C.[CH2-]CC(C[CH2-])C(C)C.[Y+3]. The van der Waals surface area contributed by atoms with E-state index < -0.39 is 0 Å². The van der Waals surface area contributed by atoms with Gasteiger partial charge in [-0.2, -0.15) is 26.7 Å². The summed E-state index contributed by atoms with van der Waals surface area (Å²) >= 11 is 0. The Bertz CT molecular complexity index is 964. The van der Waals surface area contributed by atoms with Gasteiger partial charge in [-0.3, -0.25) is 9.80 Å². The molecule has 3 aliphatic heterocycles. The van der Waals surface area contributed by atoms with E-state index in [0.29, 0.717) is 36.1 Å². The maximum absolute atomic E-state index is 5.69. The quantitative estimate of drug-likeness (QED) is 0.152. The van der Waals surface area contributed by atoms with Crippen molar-refractivity contribution in [2.24, 2.45) is 53.3 Å². The Morgan fingerprint density at radius 1 is 0.500 bits per heavy atom. The van der Waals surface area contributed by atoms with E-state index in [0.717, 1.165) is 80.6 Å². The van der Waals surface area contributed by atoms with E-state index in [4.69, 9.17) is 9.47 Å². The summed E-state index contributed by atoms with van der Waals surface area (Å²) in [5.74, 6) is 6.72. The molecule has 4 aliphatic rings. The number of hydrogen-bond acceptors (Lipinski definition) is 4. The van der Waals surface area contributed by atoms with Crippen molar-refractivity contribution in [1.82, 2.24) is 9.80 Å². The van der Waals surface area contributed by atoms with E-state index >= 15 is 0 Å². The first-order valence-corrected chi connectivity index (χ1v) is 29.7. The Balaban J connectivity index is -0.000000108. The van der Waals surface area contributed by atoms with Gasteiger partial charge in [0.1, 0.15) is 0 Å². The minimum atomic E-state index is 0. The Morgan fingerprint density at radius 2 is 0.800 bits per heavy atom. The summed E-state index contributed by atoms with van der Waals surface area (Å²) in [5, 5.41) is 0. The van der Waals surface area contributed by atoms with Gasteiger partial charge in [-0.05, 0) is 107 Å². The molecule has 3 unspecified atom stereocenters. The van der Waals surface area contributed by atoms with Crippen LogP contribution in [0.3, 0.4) is 0 Å². The second kappa shape index (κ2) is 60.0. The first-order chi connectivity index (χ1) is 32.6. The average Bonchev–Trinajstić information content (AvgIpc) is 3.36.